The smallest absolute Gasteiger partial charge is 0.238 e. The lowest BCUT2D eigenvalue weighted by Gasteiger charge is -2.57. The van der Waals surface area contributed by atoms with Crippen LogP contribution in [0.4, 0.5) is 5.69 Å². The second-order valence-electron chi connectivity index (χ2n) is 8.06. The molecule has 0 aliphatic heterocycles. The third-order valence-corrected chi connectivity index (χ3v) is 6.80. The van der Waals surface area contributed by atoms with Crippen molar-refractivity contribution in [2.24, 2.45) is 17.8 Å². The SMILES string of the molecule is Cc1cc(I)ccc1NC(=O)CNC12CC3CC(CC(C3)C1)C2. The van der Waals surface area contributed by atoms with E-state index in [2.05, 4.69) is 39.3 Å². The Morgan fingerprint density at radius 2 is 1.78 bits per heavy atom. The number of aryl methyl sites for hydroxylation is 1. The van der Waals surface area contributed by atoms with Crippen LogP contribution in [0.1, 0.15) is 44.1 Å². The van der Waals surface area contributed by atoms with Gasteiger partial charge in [0.1, 0.15) is 0 Å². The summed E-state index contributed by atoms with van der Waals surface area (Å²) in [4.78, 5) is 12.4. The molecule has 1 amide bonds. The molecule has 4 saturated carbocycles. The van der Waals surface area contributed by atoms with Gasteiger partial charge in [-0.15, -0.1) is 0 Å². The van der Waals surface area contributed by atoms with Crippen LogP contribution in [0.15, 0.2) is 18.2 Å². The molecule has 0 atom stereocenters. The van der Waals surface area contributed by atoms with Gasteiger partial charge < -0.3 is 10.6 Å². The predicted octanol–water partition coefficient (Wildman–Crippen LogP) is 4.10. The van der Waals surface area contributed by atoms with Gasteiger partial charge in [0.25, 0.3) is 0 Å². The first kappa shape index (κ1) is 15.9. The normalized spacial score (nSPS) is 34.6. The Balaban J connectivity index is 1.36. The Labute approximate surface area is 152 Å². The van der Waals surface area contributed by atoms with Crippen molar-refractivity contribution >= 4 is 34.2 Å². The van der Waals surface area contributed by atoms with Gasteiger partial charge in [-0.3, -0.25) is 4.79 Å². The Bertz CT molecular complexity index is 593. The first-order chi connectivity index (χ1) is 11.0. The number of halogens is 1. The van der Waals surface area contributed by atoms with Crippen LogP contribution in [0.25, 0.3) is 0 Å². The van der Waals surface area contributed by atoms with Crippen molar-refractivity contribution < 1.29 is 4.79 Å². The first-order valence-electron chi connectivity index (χ1n) is 8.82. The number of nitrogens with one attached hydrogen (secondary N) is 2. The zero-order valence-electron chi connectivity index (χ0n) is 13.7. The van der Waals surface area contributed by atoms with Crippen LogP contribution >= 0.6 is 22.6 Å². The highest BCUT2D eigenvalue weighted by Crippen LogP contribution is 2.55. The van der Waals surface area contributed by atoms with Gasteiger partial charge >= 0.3 is 0 Å². The van der Waals surface area contributed by atoms with Crippen molar-refractivity contribution in [1.29, 1.82) is 0 Å². The van der Waals surface area contributed by atoms with E-state index in [0.29, 0.717) is 6.54 Å². The summed E-state index contributed by atoms with van der Waals surface area (Å²) in [5.41, 5.74) is 2.32. The summed E-state index contributed by atoms with van der Waals surface area (Å²) in [5, 5.41) is 6.73. The van der Waals surface area contributed by atoms with Crippen molar-refractivity contribution in [1.82, 2.24) is 5.32 Å². The summed E-state index contributed by atoms with van der Waals surface area (Å²) >= 11 is 2.30. The molecule has 5 rings (SSSR count). The fourth-order valence-electron chi connectivity index (χ4n) is 5.56. The molecule has 4 heteroatoms. The van der Waals surface area contributed by atoms with Crippen molar-refractivity contribution in [3.63, 3.8) is 0 Å². The molecule has 0 unspecified atom stereocenters. The summed E-state index contributed by atoms with van der Waals surface area (Å²) in [6, 6.07) is 6.14. The van der Waals surface area contributed by atoms with E-state index in [1.807, 2.05) is 19.1 Å². The number of amides is 1. The fraction of sp³-hybridized carbons (Fsp3) is 0.632. The molecule has 0 saturated heterocycles. The number of rotatable bonds is 4. The molecule has 0 aromatic heterocycles. The van der Waals surface area contributed by atoms with Gasteiger partial charge in [0.05, 0.1) is 6.54 Å². The lowest BCUT2D eigenvalue weighted by atomic mass is 9.53. The molecule has 0 radical (unpaired) electrons. The molecule has 0 spiro atoms. The van der Waals surface area contributed by atoms with Gasteiger partial charge in [0.2, 0.25) is 5.91 Å². The maximum atomic E-state index is 12.4. The highest BCUT2D eigenvalue weighted by molar-refractivity contribution is 14.1. The van der Waals surface area contributed by atoms with E-state index >= 15 is 0 Å². The fourth-order valence-corrected chi connectivity index (χ4v) is 6.20. The first-order valence-corrected chi connectivity index (χ1v) is 9.90. The minimum atomic E-state index is 0.0880. The highest BCUT2D eigenvalue weighted by atomic mass is 127. The van der Waals surface area contributed by atoms with E-state index in [9.17, 15) is 4.79 Å². The summed E-state index contributed by atoms with van der Waals surface area (Å²) < 4.78 is 1.20. The zero-order chi connectivity index (χ0) is 16.0. The largest absolute Gasteiger partial charge is 0.325 e. The van der Waals surface area contributed by atoms with Crippen LogP contribution in [-0.4, -0.2) is 18.0 Å². The minimum Gasteiger partial charge on any atom is -0.325 e. The van der Waals surface area contributed by atoms with Gasteiger partial charge in [-0.1, -0.05) is 0 Å². The van der Waals surface area contributed by atoms with E-state index in [1.165, 1.54) is 42.1 Å². The lowest BCUT2D eigenvalue weighted by Crippen LogP contribution is -2.59. The van der Waals surface area contributed by atoms with E-state index in [1.54, 1.807) is 0 Å². The van der Waals surface area contributed by atoms with Crippen LogP contribution in [0, 0.1) is 28.2 Å². The Kier molecular flexibility index (Phi) is 4.16. The number of anilines is 1. The van der Waals surface area contributed by atoms with Gasteiger partial charge in [-0.05, 0) is 110 Å². The van der Waals surface area contributed by atoms with Crippen LogP contribution < -0.4 is 10.6 Å². The van der Waals surface area contributed by atoms with Crippen LogP contribution in [0.2, 0.25) is 0 Å². The Morgan fingerprint density at radius 1 is 1.17 bits per heavy atom. The number of carbonyl (C=O) groups is 1. The molecule has 4 aliphatic carbocycles. The van der Waals surface area contributed by atoms with Crippen molar-refractivity contribution in [2.75, 3.05) is 11.9 Å². The molecule has 2 N–H and O–H groups in total. The standard InChI is InChI=1S/C19H25IN2O/c1-12-4-16(20)2-3-17(12)22-18(23)11-21-19-8-13-5-14(9-19)7-15(6-13)10-19/h2-4,13-15,21H,5-11H2,1H3,(H,22,23). The molecule has 1 aromatic carbocycles. The quantitative estimate of drug-likeness (QED) is 0.715. The average molecular weight is 424 g/mol. The van der Waals surface area contributed by atoms with E-state index in [-0.39, 0.29) is 11.4 Å². The third kappa shape index (κ3) is 3.29. The number of benzene rings is 1. The maximum absolute atomic E-state index is 12.4. The second-order valence-corrected chi connectivity index (χ2v) is 9.30. The Morgan fingerprint density at radius 3 is 2.35 bits per heavy atom. The summed E-state index contributed by atoms with van der Waals surface area (Å²) in [6.45, 7) is 2.49. The molecule has 4 fully saturated rings. The molecule has 0 heterocycles. The van der Waals surface area contributed by atoms with Gasteiger partial charge in [-0.25, -0.2) is 0 Å². The minimum absolute atomic E-state index is 0.0880. The number of hydrogen-bond donors (Lipinski definition) is 2. The molecular formula is C19H25IN2O. The molecule has 23 heavy (non-hydrogen) atoms. The van der Waals surface area contributed by atoms with E-state index < -0.39 is 0 Å². The summed E-state index contributed by atoms with van der Waals surface area (Å²) in [7, 11) is 0. The maximum Gasteiger partial charge on any atom is 0.238 e. The van der Waals surface area contributed by atoms with Crippen molar-refractivity contribution in [3.05, 3.63) is 27.3 Å². The van der Waals surface area contributed by atoms with E-state index in [0.717, 1.165) is 29.0 Å². The number of carbonyl (C=O) groups excluding carboxylic acids is 1. The molecule has 4 bridgehead atoms. The Hall–Kier alpha value is -0.620. The van der Waals surface area contributed by atoms with Gasteiger partial charge in [0.15, 0.2) is 0 Å². The molecule has 1 aromatic rings. The topological polar surface area (TPSA) is 41.1 Å². The van der Waals surface area contributed by atoms with Crippen LogP contribution in [0.3, 0.4) is 0 Å². The third-order valence-electron chi connectivity index (χ3n) is 6.12. The molecular weight excluding hydrogens is 399 g/mol. The van der Waals surface area contributed by atoms with Gasteiger partial charge in [-0.2, -0.15) is 0 Å². The molecule has 3 nitrogen and oxygen atoms in total. The molecule has 124 valence electrons. The number of hydrogen-bond acceptors (Lipinski definition) is 2. The monoisotopic (exact) mass is 424 g/mol. The zero-order valence-corrected chi connectivity index (χ0v) is 15.9. The summed E-state index contributed by atoms with van der Waals surface area (Å²) in [6.07, 6.45) is 8.18. The van der Waals surface area contributed by atoms with E-state index in [4.69, 9.17) is 0 Å². The average Bonchev–Trinajstić information content (AvgIpc) is 2.47. The second kappa shape index (κ2) is 6.03. The summed E-state index contributed by atoms with van der Waals surface area (Å²) in [5.74, 6) is 2.82. The lowest BCUT2D eigenvalue weighted by molar-refractivity contribution is -0.116. The predicted molar refractivity (Wildman–Crippen MR) is 101 cm³/mol. The van der Waals surface area contributed by atoms with Crippen LogP contribution in [0.5, 0.6) is 0 Å². The van der Waals surface area contributed by atoms with Crippen molar-refractivity contribution in [2.45, 2.75) is 51.0 Å². The van der Waals surface area contributed by atoms with Crippen molar-refractivity contribution in [3.8, 4) is 0 Å². The van der Waals surface area contributed by atoms with Crippen LogP contribution in [-0.2, 0) is 4.79 Å². The molecule has 4 aliphatic rings. The van der Waals surface area contributed by atoms with Gasteiger partial charge in [0, 0.05) is 14.8 Å². The highest BCUT2D eigenvalue weighted by Gasteiger charge is 2.50.